The number of rotatable bonds is 6. The second-order valence-corrected chi connectivity index (χ2v) is 9.86. The highest BCUT2D eigenvalue weighted by Gasteiger charge is 2.46. The average molecular weight is 348 g/mol. The molecule has 0 amide bonds. The first-order chi connectivity index (χ1) is 11.0. The molecule has 5 heteroatoms. The van der Waals surface area contributed by atoms with Crippen molar-refractivity contribution in [1.82, 2.24) is 0 Å². The molecule has 3 nitrogen and oxygen atoms in total. The highest BCUT2D eigenvalue weighted by Crippen LogP contribution is 2.52. The molecule has 132 valence electrons. The van der Waals surface area contributed by atoms with Gasteiger partial charge in [-0.25, -0.2) is 0 Å². The predicted octanol–water partition coefficient (Wildman–Crippen LogP) is 4.75. The molecule has 1 aromatic rings. The van der Waals surface area contributed by atoms with Crippen LogP contribution in [0.25, 0.3) is 0 Å². The molecule has 24 heavy (non-hydrogen) atoms. The third kappa shape index (κ3) is 4.51. The van der Waals surface area contributed by atoms with Gasteiger partial charge in [0.15, 0.2) is 6.71 Å². The van der Waals surface area contributed by atoms with Crippen molar-refractivity contribution < 1.29 is 12.6 Å². The number of hydrogen-bond donors (Lipinski definition) is 0. The molecule has 0 aromatic heterocycles. The minimum Gasteiger partial charge on any atom is -0.266 e. The second-order valence-electron chi connectivity index (χ2n) is 8.24. The van der Waals surface area contributed by atoms with Gasteiger partial charge in [0.05, 0.1) is 11.5 Å². The summed E-state index contributed by atoms with van der Waals surface area (Å²) in [6.45, 7) is 12.0. The zero-order chi connectivity index (χ0) is 18.0. The molecule has 2 rings (SSSR count). The van der Waals surface area contributed by atoms with Crippen LogP contribution in [0.15, 0.2) is 41.2 Å². The monoisotopic (exact) mass is 348 g/mol. The smallest absolute Gasteiger partial charge is 0.266 e. The minimum atomic E-state index is -3.65. The van der Waals surface area contributed by atoms with E-state index in [1.807, 2.05) is 6.92 Å². The molecule has 0 radical (unpaired) electrons. The molecule has 0 aliphatic carbocycles. The van der Waals surface area contributed by atoms with Crippen LogP contribution in [0.4, 0.5) is 0 Å². The molecule has 0 spiro atoms. The molecule has 0 N–H and O–H groups in total. The van der Waals surface area contributed by atoms with Gasteiger partial charge in [-0.3, -0.25) is 4.18 Å². The van der Waals surface area contributed by atoms with Gasteiger partial charge in [-0.05, 0) is 36.3 Å². The van der Waals surface area contributed by atoms with Gasteiger partial charge in [0.1, 0.15) is 0 Å². The van der Waals surface area contributed by atoms with Gasteiger partial charge in [-0.15, -0.1) is 5.98 Å². The maximum atomic E-state index is 12.1. The first-order valence-electron chi connectivity index (χ1n) is 8.66. The first kappa shape index (κ1) is 19.3. The fourth-order valence-electron chi connectivity index (χ4n) is 3.36. The zero-order valence-corrected chi connectivity index (χ0v) is 16.3. The molecule has 1 aromatic carbocycles. The van der Waals surface area contributed by atoms with Crippen LogP contribution in [0.3, 0.4) is 0 Å². The van der Waals surface area contributed by atoms with Crippen LogP contribution in [0.2, 0.25) is 12.6 Å². The number of aryl methyl sites for hydroxylation is 1. The maximum absolute atomic E-state index is 12.1. The second kappa shape index (κ2) is 7.05. The van der Waals surface area contributed by atoms with E-state index in [9.17, 15) is 8.42 Å². The summed E-state index contributed by atoms with van der Waals surface area (Å²) in [5.74, 6) is 2.23. The fourth-order valence-corrected chi connectivity index (χ4v) is 4.28. The van der Waals surface area contributed by atoms with Gasteiger partial charge in [-0.1, -0.05) is 64.1 Å². The fraction of sp³-hybridized carbons (Fsp3) is 0.579. The Morgan fingerprint density at radius 3 is 2.17 bits per heavy atom. The van der Waals surface area contributed by atoms with Crippen molar-refractivity contribution in [2.24, 2.45) is 10.8 Å². The molecular formula is C19H29BO3S. The van der Waals surface area contributed by atoms with Crippen LogP contribution in [0, 0.1) is 17.8 Å². The molecule has 0 atom stereocenters. The van der Waals surface area contributed by atoms with E-state index < -0.39 is 10.1 Å². The Hall–Kier alpha value is -1.07. The lowest BCUT2D eigenvalue weighted by molar-refractivity contribution is 0.177. The molecular weight excluding hydrogens is 319 g/mol. The van der Waals surface area contributed by atoms with E-state index in [2.05, 4.69) is 39.7 Å². The first-order valence-corrected chi connectivity index (χ1v) is 10.1. The van der Waals surface area contributed by atoms with Gasteiger partial charge in [0.25, 0.3) is 10.1 Å². The molecule has 1 aliphatic heterocycles. The average Bonchev–Trinajstić information content (AvgIpc) is 2.66. The Labute approximate surface area is 147 Å². The highest BCUT2D eigenvalue weighted by atomic mass is 32.2. The molecule has 1 aliphatic rings. The summed E-state index contributed by atoms with van der Waals surface area (Å²) < 4.78 is 29.3. The molecule has 1 fully saturated rings. The standard InChI is InChI=1S/C19H29BO3S/c1-16-8-10-17(11-9-16)24(21,22)23-13-7-6-12-20-14-18(2,3)19(4,5)15-20/h6,8-12H,7,13-15H2,1-5H3. The van der Waals surface area contributed by atoms with Crippen molar-refractivity contribution >= 4 is 16.8 Å². The van der Waals surface area contributed by atoms with Crippen LogP contribution in [0.5, 0.6) is 0 Å². The lowest BCUT2D eigenvalue weighted by atomic mass is 9.46. The Kier molecular flexibility index (Phi) is 5.66. The Morgan fingerprint density at radius 2 is 1.62 bits per heavy atom. The Bertz CT molecular complexity index is 672. The van der Waals surface area contributed by atoms with Crippen molar-refractivity contribution in [2.75, 3.05) is 6.61 Å². The van der Waals surface area contributed by atoms with Gasteiger partial charge < -0.3 is 0 Å². The summed E-state index contributed by atoms with van der Waals surface area (Å²) >= 11 is 0. The maximum Gasteiger partial charge on any atom is 0.296 e. The predicted molar refractivity (Wildman–Crippen MR) is 101 cm³/mol. The van der Waals surface area contributed by atoms with Crippen LogP contribution >= 0.6 is 0 Å². The van der Waals surface area contributed by atoms with Gasteiger partial charge in [0, 0.05) is 0 Å². The lowest BCUT2D eigenvalue weighted by Crippen LogP contribution is -2.24. The van der Waals surface area contributed by atoms with E-state index in [1.54, 1.807) is 24.3 Å². The van der Waals surface area contributed by atoms with Crippen molar-refractivity contribution in [1.29, 1.82) is 0 Å². The minimum absolute atomic E-state index is 0.187. The van der Waals surface area contributed by atoms with E-state index in [-0.39, 0.29) is 11.5 Å². The molecule has 0 unspecified atom stereocenters. The van der Waals surface area contributed by atoms with Crippen LogP contribution in [0.1, 0.15) is 39.7 Å². The lowest BCUT2D eigenvalue weighted by Gasteiger charge is -2.35. The van der Waals surface area contributed by atoms with E-state index >= 15 is 0 Å². The van der Waals surface area contributed by atoms with Crippen LogP contribution in [-0.2, 0) is 14.3 Å². The van der Waals surface area contributed by atoms with E-state index in [0.29, 0.717) is 24.0 Å². The van der Waals surface area contributed by atoms with Gasteiger partial charge >= 0.3 is 0 Å². The van der Waals surface area contributed by atoms with Crippen molar-refractivity contribution in [3.63, 3.8) is 0 Å². The quantitative estimate of drug-likeness (QED) is 0.423. The highest BCUT2D eigenvalue weighted by molar-refractivity contribution is 7.86. The van der Waals surface area contributed by atoms with Crippen molar-refractivity contribution in [3.8, 4) is 0 Å². The summed E-state index contributed by atoms with van der Waals surface area (Å²) in [5, 5.41) is 0. The topological polar surface area (TPSA) is 43.4 Å². The number of benzene rings is 1. The van der Waals surface area contributed by atoms with Crippen molar-refractivity contribution in [2.45, 2.75) is 58.6 Å². The van der Waals surface area contributed by atoms with Gasteiger partial charge in [0.2, 0.25) is 0 Å². The van der Waals surface area contributed by atoms with E-state index in [0.717, 1.165) is 5.56 Å². The van der Waals surface area contributed by atoms with Crippen molar-refractivity contribution in [3.05, 3.63) is 41.9 Å². The van der Waals surface area contributed by atoms with Crippen LogP contribution < -0.4 is 0 Å². The summed E-state index contributed by atoms with van der Waals surface area (Å²) in [4.78, 5) is 0.219. The normalized spacial score (nSPS) is 20.0. The summed E-state index contributed by atoms with van der Waals surface area (Å²) in [6, 6.07) is 6.73. The SMILES string of the molecule is Cc1ccc(S(=O)(=O)OCCC=CB2CC(C)(C)C(C)(C)C2)cc1. The Balaban J connectivity index is 1.82. The zero-order valence-electron chi connectivity index (χ0n) is 15.5. The largest absolute Gasteiger partial charge is 0.296 e. The molecule has 0 bridgehead atoms. The third-order valence-electron chi connectivity index (χ3n) is 5.62. The summed E-state index contributed by atoms with van der Waals surface area (Å²) in [6.07, 6.45) is 5.04. The Morgan fingerprint density at radius 1 is 1.08 bits per heavy atom. The molecule has 1 saturated heterocycles. The molecule has 1 heterocycles. The van der Waals surface area contributed by atoms with E-state index in [4.69, 9.17) is 4.18 Å². The number of hydrogen-bond acceptors (Lipinski definition) is 3. The summed E-state index contributed by atoms with van der Waals surface area (Å²) in [5.41, 5.74) is 1.71. The van der Waals surface area contributed by atoms with E-state index in [1.165, 1.54) is 12.6 Å². The van der Waals surface area contributed by atoms with Crippen LogP contribution in [-0.4, -0.2) is 21.7 Å². The third-order valence-corrected chi connectivity index (χ3v) is 6.94. The molecule has 0 saturated carbocycles. The van der Waals surface area contributed by atoms with Gasteiger partial charge in [-0.2, -0.15) is 8.42 Å². The summed E-state index contributed by atoms with van der Waals surface area (Å²) in [7, 11) is -3.65.